The second kappa shape index (κ2) is 5.60. The fourth-order valence-electron chi connectivity index (χ4n) is 2.68. The first-order valence-electron chi connectivity index (χ1n) is 7.31. The third-order valence-electron chi connectivity index (χ3n) is 3.95. The van der Waals surface area contributed by atoms with Crippen LogP contribution in [0.1, 0.15) is 27.0 Å². The standard InChI is InChI=1S/C18H20N2O/c1-13-3-5-14(6-4-13)12-20(2)18(21)16-8-7-15-9-10-19-17(15)11-16/h3-8,11,19H,9-10,12H2,1-2H3. The molecule has 3 nitrogen and oxygen atoms in total. The van der Waals surface area contributed by atoms with Crippen LogP contribution in [-0.4, -0.2) is 24.4 Å². The number of amides is 1. The van der Waals surface area contributed by atoms with Gasteiger partial charge in [-0.15, -0.1) is 0 Å². The molecular weight excluding hydrogens is 260 g/mol. The van der Waals surface area contributed by atoms with Crippen LogP contribution in [0.4, 0.5) is 5.69 Å². The minimum Gasteiger partial charge on any atom is -0.384 e. The zero-order valence-electron chi connectivity index (χ0n) is 12.5. The molecule has 0 aliphatic carbocycles. The Morgan fingerprint density at radius 1 is 1.19 bits per heavy atom. The van der Waals surface area contributed by atoms with E-state index >= 15 is 0 Å². The van der Waals surface area contributed by atoms with E-state index in [0.717, 1.165) is 29.8 Å². The first-order valence-corrected chi connectivity index (χ1v) is 7.31. The summed E-state index contributed by atoms with van der Waals surface area (Å²) >= 11 is 0. The number of hydrogen-bond donors (Lipinski definition) is 1. The van der Waals surface area contributed by atoms with Gasteiger partial charge in [-0.05, 0) is 36.6 Å². The molecule has 1 N–H and O–H groups in total. The van der Waals surface area contributed by atoms with E-state index in [1.165, 1.54) is 11.1 Å². The second-order valence-electron chi connectivity index (χ2n) is 5.70. The monoisotopic (exact) mass is 280 g/mol. The van der Waals surface area contributed by atoms with Crippen LogP contribution in [0, 0.1) is 6.92 Å². The SMILES string of the molecule is Cc1ccc(CN(C)C(=O)c2ccc3c(c2)NCC3)cc1. The zero-order chi connectivity index (χ0) is 14.8. The third kappa shape index (κ3) is 2.92. The summed E-state index contributed by atoms with van der Waals surface area (Å²) in [7, 11) is 1.85. The Hall–Kier alpha value is -2.29. The summed E-state index contributed by atoms with van der Waals surface area (Å²) in [5.74, 6) is 0.0621. The van der Waals surface area contributed by atoms with Gasteiger partial charge in [0.2, 0.25) is 0 Å². The fourth-order valence-corrected chi connectivity index (χ4v) is 2.68. The van der Waals surface area contributed by atoms with Crippen molar-refractivity contribution in [3.63, 3.8) is 0 Å². The van der Waals surface area contributed by atoms with Gasteiger partial charge in [0.15, 0.2) is 0 Å². The Labute approximate surface area is 125 Å². The molecule has 1 amide bonds. The third-order valence-corrected chi connectivity index (χ3v) is 3.95. The number of carbonyl (C=O) groups is 1. The first kappa shape index (κ1) is 13.7. The number of nitrogens with one attached hydrogen (secondary N) is 1. The Kier molecular flexibility index (Phi) is 3.65. The normalized spacial score (nSPS) is 12.7. The molecule has 0 fully saturated rings. The Morgan fingerprint density at radius 2 is 1.95 bits per heavy atom. The van der Waals surface area contributed by atoms with E-state index in [9.17, 15) is 4.79 Å². The Bertz CT molecular complexity index is 661. The van der Waals surface area contributed by atoms with Gasteiger partial charge in [0.1, 0.15) is 0 Å². The zero-order valence-corrected chi connectivity index (χ0v) is 12.5. The maximum atomic E-state index is 12.5. The number of fused-ring (bicyclic) bond motifs is 1. The van der Waals surface area contributed by atoms with Crippen LogP contribution in [0.15, 0.2) is 42.5 Å². The Morgan fingerprint density at radius 3 is 2.71 bits per heavy atom. The van der Waals surface area contributed by atoms with Crippen molar-refractivity contribution in [3.8, 4) is 0 Å². The van der Waals surface area contributed by atoms with Crippen molar-refractivity contribution in [3.05, 3.63) is 64.7 Å². The topological polar surface area (TPSA) is 32.3 Å². The molecule has 21 heavy (non-hydrogen) atoms. The van der Waals surface area contributed by atoms with E-state index in [4.69, 9.17) is 0 Å². The molecule has 3 heteroatoms. The molecule has 0 radical (unpaired) electrons. The van der Waals surface area contributed by atoms with Gasteiger partial charge in [0.05, 0.1) is 0 Å². The molecule has 0 spiro atoms. The van der Waals surface area contributed by atoms with Crippen LogP contribution in [0.2, 0.25) is 0 Å². The van der Waals surface area contributed by atoms with Crippen LogP contribution in [-0.2, 0) is 13.0 Å². The van der Waals surface area contributed by atoms with Crippen molar-refractivity contribution in [2.45, 2.75) is 19.9 Å². The molecule has 2 aromatic carbocycles. The van der Waals surface area contributed by atoms with Gasteiger partial charge in [-0.2, -0.15) is 0 Å². The highest BCUT2D eigenvalue weighted by Gasteiger charge is 2.16. The summed E-state index contributed by atoms with van der Waals surface area (Å²) in [4.78, 5) is 14.3. The lowest BCUT2D eigenvalue weighted by atomic mass is 10.1. The summed E-state index contributed by atoms with van der Waals surface area (Å²) in [5.41, 5.74) is 5.53. The highest BCUT2D eigenvalue weighted by atomic mass is 16.2. The lowest BCUT2D eigenvalue weighted by molar-refractivity contribution is 0.0785. The lowest BCUT2D eigenvalue weighted by Crippen LogP contribution is -2.26. The number of nitrogens with zero attached hydrogens (tertiary/aromatic N) is 1. The molecule has 3 rings (SSSR count). The van der Waals surface area contributed by atoms with Gasteiger partial charge in [0, 0.05) is 31.4 Å². The number of rotatable bonds is 3. The first-order chi connectivity index (χ1) is 10.1. The van der Waals surface area contributed by atoms with Crippen molar-refractivity contribution in [1.29, 1.82) is 0 Å². The van der Waals surface area contributed by atoms with Gasteiger partial charge in [-0.1, -0.05) is 35.9 Å². The minimum absolute atomic E-state index is 0.0621. The summed E-state index contributed by atoms with van der Waals surface area (Å²) in [6, 6.07) is 14.3. The average molecular weight is 280 g/mol. The number of benzene rings is 2. The largest absolute Gasteiger partial charge is 0.384 e. The average Bonchev–Trinajstić information content (AvgIpc) is 2.96. The van der Waals surface area contributed by atoms with Gasteiger partial charge in [-0.3, -0.25) is 4.79 Å². The predicted octanol–water partition coefficient (Wildman–Crippen LogP) is 3.24. The molecule has 1 aliphatic rings. The van der Waals surface area contributed by atoms with Crippen molar-refractivity contribution >= 4 is 11.6 Å². The number of hydrogen-bond acceptors (Lipinski definition) is 2. The molecule has 1 heterocycles. The Balaban J connectivity index is 1.73. The van der Waals surface area contributed by atoms with Gasteiger partial charge in [-0.25, -0.2) is 0 Å². The van der Waals surface area contributed by atoms with Crippen LogP contribution < -0.4 is 5.32 Å². The van der Waals surface area contributed by atoms with Crippen LogP contribution in [0.25, 0.3) is 0 Å². The highest BCUT2D eigenvalue weighted by Crippen LogP contribution is 2.24. The van der Waals surface area contributed by atoms with Crippen molar-refractivity contribution in [2.75, 3.05) is 18.9 Å². The van der Waals surface area contributed by atoms with Crippen LogP contribution >= 0.6 is 0 Å². The van der Waals surface area contributed by atoms with E-state index in [-0.39, 0.29) is 5.91 Å². The number of anilines is 1. The quantitative estimate of drug-likeness (QED) is 0.936. The maximum Gasteiger partial charge on any atom is 0.253 e. The number of aryl methyl sites for hydroxylation is 1. The molecule has 2 aromatic rings. The lowest BCUT2D eigenvalue weighted by Gasteiger charge is -2.18. The van der Waals surface area contributed by atoms with Gasteiger partial charge in [0.25, 0.3) is 5.91 Å². The highest BCUT2D eigenvalue weighted by molar-refractivity contribution is 5.95. The molecule has 0 unspecified atom stereocenters. The van der Waals surface area contributed by atoms with Crippen LogP contribution in [0.5, 0.6) is 0 Å². The smallest absolute Gasteiger partial charge is 0.253 e. The number of carbonyl (C=O) groups excluding carboxylic acids is 1. The summed E-state index contributed by atoms with van der Waals surface area (Å²) in [5, 5.41) is 3.32. The summed E-state index contributed by atoms with van der Waals surface area (Å²) < 4.78 is 0. The summed E-state index contributed by atoms with van der Waals surface area (Å²) in [6.07, 6.45) is 1.04. The molecule has 0 atom stereocenters. The molecule has 108 valence electrons. The fraction of sp³-hybridized carbons (Fsp3) is 0.278. The minimum atomic E-state index is 0.0621. The molecular formula is C18H20N2O. The predicted molar refractivity (Wildman–Crippen MR) is 85.6 cm³/mol. The van der Waals surface area contributed by atoms with E-state index in [0.29, 0.717) is 6.54 Å². The molecule has 0 bridgehead atoms. The second-order valence-corrected chi connectivity index (χ2v) is 5.70. The van der Waals surface area contributed by atoms with E-state index in [1.54, 1.807) is 4.90 Å². The van der Waals surface area contributed by atoms with Gasteiger partial charge >= 0.3 is 0 Å². The van der Waals surface area contributed by atoms with Crippen molar-refractivity contribution in [1.82, 2.24) is 4.90 Å². The van der Waals surface area contributed by atoms with Crippen molar-refractivity contribution in [2.24, 2.45) is 0 Å². The van der Waals surface area contributed by atoms with Gasteiger partial charge < -0.3 is 10.2 Å². The van der Waals surface area contributed by atoms with Crippen LogP contribution in [0.3, 0.4) is 0 Å². The summed E-state index contributed by atoms with van der Waals surface area (Å²) in [6.45, 7) is 3.66. The molecule has 0 saturated heterocycles. The van der Waals surface area contributed by atoms with E-state index in [1.807, 2.05) is 19.2 Å². The maximum absolute atomic E-state index is 12.5. The molecule has 0 aromatic heterocycles. The molecule has 1 aliphatic heterocycles. The van der Waals surface area contributed by atoms with Crippen molar-refractivity contribution < 1.29 is 4.79 Å². The molecule has 0 saturated carbocycles. The van der Waals surface area contributed by atoms with E-state index < -0.39 is 0 Å². The van der Waals surface area contributed by atoms with E-state index in [2.05, 4.69) is 42.6 Å².